The number of nitrogens with two attached hydrogens (primary N) is 1. The highest BCUT2D eigenvalue weighted by molar-refractivity contribution is 5.94. The van der Waals surface area contributed by atoms with E-state index in [-0.39, 0.29) is 28.8 Å². The number of aromatic nitrogens is 5. The molecule has 2 heterocycles. The van der Waals surface area contributed by atoms with Crippen LogP contribution in [0.2, 0.25) is 0 Å². The topological polar surface area (TPSA) is 178 Å². The second kappa shape index (κ2) is 6.27. The van der Waals surface area contributed by atoms with Gasteiger partial charge in [0, 0.05) is 11.6 Å². The van der Waals surface area contributed by atoms with Crippen molar-refractivity contribution in [1.29, 1.82) is 0 Å². The van der Waals surface area contributed by atoms with Crippen molar-refractivity contribution in [2.75, 3.05) is 5.73 Å². The molecule has 0 saturated heterocycles. The van der Waals surface area contributed by atoms with Crippen LogP contribution >= 0.6 is 0 Å². The third-order valence-electron chi connectivity index (χ3n) is 3.19. The van der Waals surface area contributed by atoms with Crippen molar-refractivity contribution < 1.29 is 19.6 Å². The van der Waals surface area contributed by atoms with Gasteiger partial charge >= 0.3 is 0 Å². The monoisotopic (exact) mass is 344 g/mol. The first-order chi connectivity index (χ1) is 12.0. The molecule has 0 bridgehead atoms. The van der Waals surface area contributed by atoms with Crippen molar-refractivity contribution in [2.24, 2.45) is 5.10 Å². The van der Waals surface area contributed by atoms with E-state index in [0.717, 1.165) is 6.07 Å². The van der Waals surface area contributed by atoms with Crippen LogP contribution in [-0.2, 0) is 0 Å². The van der Waals surface area contributed by atoms with Crippen molar-refractivity contribution in [3.63, 3.8) is 0 Å². The number of nitrogen functional groups attached to an aromatic ring is 1. The van der Waals surface area contributed by atoms with Crippen molar-refractivity contribution in [1.82, 2.24) is 30.7 Å². The Morgan fingerprint density at radius 3 is 2.88 bits per heavy atom. The molecule has 3 rings (SSSR count). The van der Waals surface area contributed by atoms with Gasteiger partial charge in [0.25, 0.3) is 5.91 Å². The summed E-state index contributed by atoms with van der Waals surface area (Å²) in [6, 6.07) is 3.95. The Labute approximate surface area is 139 Å². The van der Waals surface area contributed by atoms with Crippen LogP contribution < -0.4 is 11.2 Å². The predicted molar refractivity (Wildman–Crippen MR) is 83.2 cm³/mol. The first kappa shape index (κ1) is 15.9. The summed E-state index contributed by atoms with van der Waals surface area (Å²) < 4.78 is 5.68. The summed E-state index contributed by atoms with van der Waals surface area (Å²) in [4.78, 5) is 12.1. The molecule has 0 aliphatic carbocycles. The Hall–Kier alpha value is -3.96. The number of amides is 1. The molecule has 0 atom stereocenters. The lowest BCUT2D eigenvalue weighted by atomic mass is 10.2. The number of phenols is 2. The van der Waals surface area contributed by atoms with Gasteiger partial charge in [0.2, 0.25) is 11.6 Å². The number of carbonyl (C=O) groups excluding carboxylic acids is 1. The largest absolute Gasteiger partial charge is 0.508 e. The number of rotatable bonds is 4. The molecule has 5 N–H and O–H groups in total. The van der Waals surface area contributed by atoms with Crippen LogP contribution in [0.25, 0.3) is 5.82 Å². The SMILES string of the molecule is Cc1c(C(=O)NN=Cc2ccc(O)cc2O)nnn1-c1nonc1N. The lowest BCUT2D eigenvalue weighted by Crippen LogP contribution is -2.19. The highest BCUT2D eigenvalue weighted by Crippen LogP contribution is 2.20. The van der Waals surface area contributed by atoms with Crippen LogP contribution in [0.4, 0.5) is 5.82 Å². The molecule has 0 unspecified atom stereocenters. The molecule has 2 aromatic heterocycles. The molecule has 3 aromatic rings. The molecule has 1 aromatic carbocycles. The molecule has 0 aliphatic heterocycles. The minimum Gasteiger partial charge on any atom is -0.508 e. The van der Waals surface area contributed by atoms with Crippen LogP contribution in [0.5, 0.6) is 11.5 Å². The number of hydrazone groups is 1. The molecule has 0 radical (unpaired) electrons. The molecular weight excluding hydrogens is 332 g/mol. The normalized spacial score (nSPS) is 11.1. The third kappa shape index (κ3) is 3.08. The van der Waals surface area contributed by atoms with Crippen molar-refractivity contribution in [3.05, 3.63) is 35.2 Å². The molecule has 25 heavy (non-hydrogen) atoms. The second-order valence-electron chi connectivity index (χ2n) is 4.85. The van der Waals surface area contributed by atoms with Crippen LogP contribution in [0.15, 0.2) is 27.9 Å². The van der Waals surface area contributed by atoms with E-state index >= 15 is 0 Å². The summed E-state index contributed by atoms with van der Waals surface area (Å²) in [5.41, 5.74) is 8.48. The smallest absolute Gasteiger partial charge is 0.293 e. The highest BCUT2D eigenvalue weighted by atomic mass is 16.6. The first-order valence-corrected chi connectivity index (χ1v) is 6.83. The van der Waals surface area contributed by atoms with E-state index < -0.39 is 5.91 Å². The van der Waals surface area contributed by atoms with E-state index in [0.29, 0.717) is 11.3 Å². The summed E-state index contributed by atoms with van der Waals surface area (Å²) in [7, 11) is 0. The van der Waals surface area contributed by atoms with E-state index in [2.05, 4.69) is 35.8 Å². The van der Waals surface area contributed by atoms with Gasteiger partial charge in [-0.3, -0.25) is 4.79 Å². The zero-order chi connectivity index (χ0) is 18.0. The van der Waals surface area contributed by atoms with E-state index in [9.17, 15) is 15.0 Å². The average Bonchev–Trinajstić information content (AvgIpc) is 3.15. The van der Waals surface area contributed by atoms with Crippen molar-refractivity contribution >= 4 is 17.9 Å². The summed E-state index contributed by atoms with van der Waals surface area (Å²) >= 11 is 0. The lowest BCUT2D eigenvalue weighted by Gasteiger charge is -2.00. The van der Waals surface area contributed by atoms with E-state index in [1.807, 2.05) is 0 Å². The average molecular weight is 344 g/mol. The Kier molecular flexibility index (Phi) is 3.99. The van der Waals surface area contributed by atoms with Gasteiger partial charge in [0.15, 0.2) is 5.69 Å². The van der Waals surface area contributed by atoms with Gasteiger partial charge in [0.05, 0.1) is 11.9 Å². The maximum Gasteiger partial charge on any atom is 0.293 e. The van der Waals surface area contributed by atoms with Gasteiger partial charge in [0.1, 0.15) is 11.5 Å². The quantitative estimate of drug-likeness (QED) is 0.366. The van der Waals surface area contributed by atoms with Crippen LogP contribution in [0.1, 0.15) is 21.7 Å². The standard InChI is InChI=1S/C13H12N8O4/c1-6-10(16-20-21(6)12-11(14)18-25-19-12)13(24)17-15-5-7-2-3-8(22)4-9(7)23/h2-5,22-23H,1H3,(H2,14,18)(H,17,24). The van der Waals surface area contributed by atoms with Crippen LogP contribution in [0, 0.1) is 6.92 Å². The Morgan fingerprint density at radius 2 is 2.20 bits per heavy atom. The number of carbonyl (C=O) groups is 1. The molecule has 0 aliphatic rings. The third-order valence-corrected chi connectivity index (χ3v) is 3.19. The fourth-order valence-corrected chi connectivity index (χ4v) is 1.93. The van der Waals surface area contributed by atoms with Gasteiger partial charge in [-0.2, -0.15) is 9.78 Å². The summed E-state index contributed by atoms with van der Waals surface area (Å²) in [5.74, 6) is -0.794. The number of aromatic hydroxyl groups is 2. The maximum atomic E-state index is 12.1. The van der Waals surface area contributed by atoms with Crippen LogP contribution in [0.3, 0.4) is 0 Å². The van der Waals surface area contributed by atoms with Crippen molar-refractivity contribution in [2.45, 2.75) is 6.92 Å². The zero-order valence-electron chi connectivity index (χ0n) is 12.8. The summed E-state index contributed by atoms with van der Waals surface area (Å²) in [5, 5.41) is 37.1. The van der Waals surface area contributed by atoms with Gasteiger partial charge < -0.3 is 15.9 Å². The Morgan fingerprint density at radius 1 is 1.40 bits per heavy atom. The maximum absolute atomic E-state index is 12.1. The molecule has 128 valence electrons. The number of phenolic OH excluding ortho intramolecular Hbond substituents is 2. The van der Waals surface area contributed by atoms with Gasteiger partial charge in [-0.1, -0.05) is 5.21 Å². The number of benzene rings is 1. The van der Waals surface area contributed by atoms with Crippen LogP contribution in [-0.4, -0.2) is 47.6 Å². The highest BCUT2D eigenvalue weighted by Gasteiger charge is 2.20. The number of hydrogen-bond acceptors (Lipinski definition) is 10. The number of hydrogen-bond donors (Lipinski definition) is 4. The number of nitrogens with one attached hydrogen (secondary N) is 1. The lowest BCUT2D eigenvalue weighted by molar-refractivity contribution is 0.0949. The summed E-state index contributed by atoms with van der Waals surface area (Å²) in [6.45, 7) is 1.58. The molecule has 1 amide bonds. The number of anilines is 1. The number of nitrogens with zero attached hydrogens (tertiary/aromatic N) is 6. The fraction of sp³-hybridized carbons (Fsp3) is 0.0769. The van der Waals surface area contributed by atoms with Crippen molar-refractivity contribution in [3.8, 4) is 17.3 Å². The van der Waals surface area contributed by atoms with Gasteiger partial charge in [-0.15, -0.1) is 5.10 Å². The fourth-order valence-electron chi connectivity index (χ4n) is 1.93. The molecule has 12 heteroatoms. The minimum absolute atomic E-state index is 0.000726. The van der Waals surface area contributed by atoms with Gasteiger partial charge in [-0.25, -0.2) is 10.1 Å². The molecule has 0 spiro atoms. The molecule has 0 saturated carbocycles. The van der Waals surface area contributed by atoms with E-state index in [1.54, 1.807) is 6.92 Å². The van der Waals surface area contributed by atoms with E-state index in [4.69, 9.17) is 5.73 Å². The zero-order valence-corrected chi connectivity index (χ0v) is 12.8. The molecular formula is C13H12N8O4. The predicted octanol–water partition coefficient (Wildman–Crippen LogP) is -0.284. The Balaban J connectivity index is 1.75. The molecule has 12 nitrogen and oxygen atoms in total. The van der Waals surface area contributed by atoms with E-state index in [1.165, 1.54) is 23.0 Å². The Bertz CT molecular complexity index is 961. The minimum atomic E-state index is -0.631. The summed E-state index contributed by atoms with van der Waals surface area (Å²) in [6.07, 6.45) is 1.21. The first-order valence-electron chi connectivity index (χ1n) is 6.83. The molecule has 0 fully saturated rings. The van der Waals surface area contributed by atoms with Gasteiger partial charge in [-0.05, 0) is 29.4 Å². The second-order valence-corrected chi connectivity index (χ2v) is 4.85.